The molecule has 4 rings (SSSR count). The van der Waals surface area contributed by atoms with Crippen LogP contribution in [0.25, 0.3) is 27.7 Å². The van der Waals surface area contributed by atoms with Crippen LogP contribution in [0.3, 0.4) is 0 Å². The van der Waals surface area contributed by atoms with Gasteiger partial charge in [-0.2, -0.15) is 0 Å². The zero-order valence-corrected chi connectivity index (χ0v) is 20.1. The Kier molecular flexibility index (Phi) is 7.24. The number of methoxy groups -OCH3 is 1. The Balaban J connectivity index is 1.63. The SMILES string of the molecule is CCOc1cc2occ(-c3ccc(Cl)cc3)c2cc1/C(C)=C/C(=O)NCc1cccc(OC)c1. The molecule has 1 heterocycles. The highest BCUT2D eigenvalue weighted by molar-refractivity contribution is 6.30. The molecule has 174 valence electrons. The predicted molar refractivity (Wildman–Crippen MR) is 136 cm³/mol. The van der Waals surface area contributed by atoms with Crippen molar-refractivity contribution in [2.75, 3.05) is 13.7 Å². The van der Waals surface area contributed by atoms with Crippen LogP contribution >= 0.6 is 11.6 Å². The highest BCUT2D eigenvalue weighted by atomic mass is 35.5. The van der Waals surface area contributed by atoms with Gasteiger partial charge in [-0.3, -0.25) is 4.79 Å². The van der Waals surface area contributed by atoms with E-state index in [0.29, 0.717) is 29.5 Å². The molecule has 0 aliphatic carbocycles. The maximum atomic E-state index is 12.7. The summed E-state index contributed by atoms with van der Waals surface area (Å²) >= 11 is 6.05. The number of benzene rings is 3. The highest BCUT2D eigenvalue weighted by Crippen LogP contribution is 2.37. The third-order valence-electron chi connectivity index (χ3n) is 5.50. The fourth-order valence-electron chi connectivity index (χ4n) is 3.79. The van der Waals surface area contributed by atoms with Gasteiger partial charge in [-0.25, -0.2) is 0 Å². The van der Waals surface area contributed by atoms with E-state index >= 15 is 0 Å². The molecule has 0 atom stereocenters. The van der Waals surface area contributed by atoms with E-state index in [9.17, 15) is 4.79 Å². The number of furan rings is 1. The quantitative estimate of drug-likeness (QED) is 0.282. The summed E-state index contributed by atoms with van der Waals surface area (Å²) in [6, 6.07) is 19.1. The van der Waals surface area contributed by atoms with Crippen molar-refractivity contribution in [1.29, 1.82) is 0 Å². The van der Waals surface area contributed by atoms with Crippen LogP contribution in [0.15, 0.2) is 77.4 Å². The average molecular weight is 476 g/mol. The molecule has 4 aromatic rings. The van der Waals surface area contributed by atoms with Gasteiger partial charge >= 0.3 is 0 Å². The molecular formula is C28H26ClNO4. The molecule has 3 aromatic carbocycles. The Morgan fingerprint density at radius 3 is 2.65 bits per heavy atom. The van der Waals surface area contributed by atoms with Gasteiger partial charge in [-0.05, 0) is 60.9 Å². The summed E-state index contributed by atoms with van der Waals surface area (Å²) in [5, 5.41) is 4.55. The summed E-state index contributed by atoms with van der Waals surface area (Å²) in [4.78, 5) is 12.7. The largest absolute Gasteiger partial charge is 0.497 e. The fourth-order valence-corrected chi connectivity index (χ4v) is 3.91. The number of carbonyl (C=O) groups is 1. The van der Waals surface area contributed by atoms with Crippen molar-refractivity contribution in [3.05, 3.63) is 89.2 Å². The summed E-state index contributed by atoms with van der Waals surface area (Å²) in [5.41, 5.74) is 5.25. The van der Waals surface area contributed by atoms with Crippen LogP contribution in [0, 0.1) is 0 Å². The number of hydrogen-bond donors (Lipinski definition) is 1. The normalized spacial score (nSPS) is 11.5. The zero-order chi connectivity index (χ0) is 24.1. The lowest BCUT2D eigenvalue weighted by atomic mass is 9.99. The first-order valence-electron chi connectivity index (χ1n) is 11.0. The number of amides is 1. The van der Waals surface area contributed by atoms with Gasteiger partial charge in [0.15, 0.2) is 0 Å². The van der Waals surface area contributed by atoms with Crippen molar-refractivity contribution in [3.63, 3.8) is 0 Å². The first-order valence-corrected chi connectivity index (χ1v) is 11.4. The molecule has 34 heavy (non-hydrogen) atoms. The first-order chi connectivity index (χ1) is 16.5. The van der Waals surface area contributed by atoms with Crippen molar-refractivity contribution in [3.8, 4) is 22.6 Å². The second-order valence-electron chi connectivity index (χ2n) is 7.83. The third kappa shape index (κ3) is 5.26. The van der Waals surface area contributed by atoms with E-state index in [1.165, 1.54) is 0 Å². The number of nitrogens with one attached hydrogen (secondary N) is 1. The van der Waals surface area contributed by atoms with Crippen molar-refractivity contribution in [2.45, 2.75) is 20.4 Å². The minimum absolute atomic E-state index is 0.187. The number of rotatable bonds is 8. The van der Waals surface area contributed by atoms with Gasteiger partial charge < -0.3 is 19.2 Å². The van der Waals surface area contributed by atoms with E-state index in [0.717, 1.165) is 39.0 Å². The molecule has 1 amide bonds. The lowest BCUT2D eigenvalue weighted by Gasteiger charge is -2.12. The molecule has 0 spiro atoms. The number of halogens is 1. The number of carbonyl (C=O) groups excluding carboxylic acids is 1. The number of hydrogen-bond acceptors (Lipinski definition) is 4. The third-order valence-corrected chi connectivity index (χ3v) is 5.76. The summed E-state index contributed by atoms with van der Waals surface area (Å²) < 4.78 is 16.9. The molecule has 0 aliphatic rings. The number of ether oxygens (including phenoxy) is 2. The molecule has 0 bridgehead atoms. The van der Waals surface area contributed by atoms with Gasteiger partial charge in [0.2, 0.25) is 5.91 Å². The summed E-state index contributed by atoms with van der Waals surface area (Å²) in [6.07, 6.45) is 3.32. The van der Waals surface area contributed by atoms with E-state index in [4.69, 9.17) is 25.5 Å². The van der Waals surface area contributed by atoms with Gasteiger partial charge in [-0.15, -0.1) is 0 Å². The van der Waals surface area contributed by atoms with Gasteiger partial charge in [-0.1, -0.05) is 35.9 Å². The standard InChI is InChI=1S/C28H26ClNO4/c1-4-33-26-15-27-24(25(17-34-27)20-8-10-21(29)11-9-20)14-23(26)18(2)12-28(31)30-16-19-6-5-7-22(13-19)32-3/h5-15,17H,4,16H2,1-3H3,(H,30,31)/b18-12+. The predicted octanol–water partition coefficient (Wildman–Crippen LogP) is 6.88. The van der Waals surface area contributed by atoms with E-state index in [1.54, 1.807) is 19.4 Å². The second-order valence-corrected chi connectivity index (χ2v) is 8.27. The Labute approximate surface area is 203 Å². The number of fused-ring (bicyclic) bond motifs is 1. The van der Waals surface area contributed by atoms with Crippen LogP contribution in [0.4, 0.5) is 0 Å². The average Bonchev–Trinajstić information content (AvgIpc) is 3.26. The van der Waals surface area contributed by atoms with Crippen LogP contribution < -0.4 is 14.8 Å². The smallest absolute Gasteiger partial charge is 0.244 e. The molecular weight excluding hydrogens is 450 g/mol. The Bertz CT molecular complexity index is 1340. The van der Waals surface area contributed by atoms with Gasteiger partial charge in [0.25, 0.3) is 0 Å². The minimum atomic E-state index is -0.187. The monoisotopic (exact) mass is 475 g/mol. The van der Waals surface area contributed by atoms with E-state index < -0.39 is 0 Å². The topological polar surface area (TPSA) is 60.7 Å². The molecule has 1 aromatic heterocycles. The lowest BCUT2D eigenvalue weighted by molar-refractivity contribution is -0.116. The van der Waals surface area contributed by atoms with Crippen molar-refractivity contribution in [2.24, 2.45) is 0 Å². The van der Waals surface area contributed by atoms with E-state index in [-0.39, 0.29) is 5.91 Å². The van der Waals surface area contributed by atoms with Gasteiger partial charge in [0.05, 0.1) is 20.0 Å². The molecule has 1 N–H and O–H groups in total. The fraction of sp³-hybridized carbons (Fsp3) is 0.179. The van der Waals surface area contributed by atoms with Crippen LogP contribution in [-0.2, 0) is 11.3 Å². The van der Waals surface area contributed by atoms with Crippen LogP contribution in [0.1, 0.15) is 25.0 Å². The maximum Gasteiger partial charge on any atom is 0.244 e. The molecule has 0 unspecified atom stereocenters. The molecule has 6 heteroatoms. The van der Waals surface area contributed by atoms with E-state index in [2.05, 4.69) is 5.32 Å². The van der Waals surface area contributed by atoms with Crippen molar-refractivity contribution >= 4 is 34.1 Å². The van der Waals surface area contributed by atoms with Crippen LogP contribution in [0.2, 0.25) is 5.02 Å². The molecule has 0 aliphatic heterocycles. The molecule has 0 saturated carbocycles. The Morgan fingerprint density at radius 2 is 1.91 bits per heavy atom. The highest BCUT2D eigenvalue weighted by Gasteiger charge is 2.15. The summed E-state index contributed by atoms with van der Waals surface area (Å²) in [6.45, 7) is 4.73. The van der Waals surface area contributed by atoms with E-state index in [1.807, 2.05) is 74.5 Å². The Hall–Kier alpha value is -3.70. The summed E-state index contributed by atoms with van der Waals surface area (Å²) in [5.74, 6) is 1.24. The second kappa shape index (κ2) is 10.5. The zero-order valence-electron chi connectivity index (χ0n) is 19.4. The van der Waals surface area contributed by atoms with Crippen LogP contribution in [-0.4, -0.2) is 19.6 Å². The van der Waals surface area contributed by atoms with Gasteiger partial charge in [0.1, 0.15) is 17.1 Å². The van der Waals surface area contributed by atoms with Crippen molar-refractivity contribution < 1.29 is 18.7 Å². The molecule has 0 radical (unpaired) electrons. The van der Waals surface area contributed by atoms with Gasteiger partial charge in [0, 0.05) is 40.2 Å². The Morgan fingerprint density at radius 1 is 1.12 bits per heavy atom. The minimum Gasteiger partial charge on any atom is -0.497 e. The first kappa shape index (κ1) is 23.5. The lowest BCUT2D eigenvalue weighted by Crippen LogP contribution is -2.20. The van der Waals surface area contributed by atoms with Crippen molar-refractivity contribution in [1.82, 2.24) is 5.32 Å². The maximum absolute atomic E-state index is 12.7. The van der Waals surface area contributed by atoms with Crippen LogP contribution in [0.5, 0.6) is 11.5 Å². The molecule has 5 nitrogen and oxygen atoms in total. The molecule has 0 saturated heterocycles. The molecule has 0 fully saturated rings. The summed E-state index contributed by atoms with van der Waals surface area (Å²) in [7, 11) is 1.62. The number of allylic oxidation sites excluding steroid dienone is 1.